The van der Waals surface area contributed by atoms with E-state index in [9.17, 15) is 26.3 Å². The van der Waals surface area contributed by atoms with Crippen LogP contribution in [-0.2, 0) is 6.18 Å². The van der Waals surface area contributed by atoms with Gasteiger partial charge in [0.05, 0.1) is 17.2 Å². The SMILES string of the molecule is N#Cc1ccc(OC(CN)C(F)(F)F)c(C(F)(F)F)c1. The molecule has 1 rings (SSSR count). The highest BCUT2D eigenvalue weighted by Gasteiger charge is 2.43. The molecule has 3 nitrogen and oxygen atoms in total. The van der Waals surface area contributed by atoms with E-state index in [1.54, 1.807) is 0 Å². The molecule has 0 bridgehead atoms. The molecule has 0 aromatic heterocycles. The molecule has 1 unspecified atom stereocenters. The van der Waals surface area contributed by atoms with Gasteiger partial charge >= 0.3 is 12.4 Å². The van der Waals surface area contributed by atoms with Crippen LogP contribution in [0.15, 0.2) is 18.2 Å². The van der Waals surface area contributed by atoms with Gasteiger partial charge in [0.1, 0.15) is 5.75 Å². The Morgan fingerprint density at radius 3 is 2.20 bits per heavy atom. The Labute approximate surface area is 109 Å². The maximum absolute atomic E-state index is 12.7. The lowest BCUT2D eigenvalue weighted by Crippen LogP contribution is -2.41. The van der Waals surface area contributed by atoms with Crippen LogP contribution in [-0.4, -0.2) is 18.8 Å². The minimum absolute atomic E-state index is 0.346. The molecule has 20 heavy (non-hydrogen) atoms. The van der Waals surface area contributed by atoms with Crippen LogP contribution < -0.4 is 10.5 Å². The standard InChI is InChI=1S/C11H8F6N2O/c12-10(13,14)7-3-6(4-18)1-2-8(7)20-9(5-19)11(15,16)17/h1-3,9H,5,19H2. The number of hydrogen-bond acceptors (Lipinski definition) is 3. The van der Waals surface area contributed by atoms with E-state index >= 15 is 0 Å². The summed E-state index contributed by atoms with van der Waals surface area (Å²) in [6.45, 7) is -1.03. The minimum atomic E-state index is -4.95. The van der Waals surface area contributed by atoms with E-state index in [1.807, 2.05) is 0 Å². The van der Waals surface area contributed by atoms with E-state index in [4.69, 9.17) is 11.0 Å². The number of hydrogen-bond donors (Lipinski definition) is 1. The monoisotopic (exact) mass is 298 g/mol. The minimum Gasteiger partial charge on any atom is -0.479 e. The first-order valence-corrected chi connectivity index (χ1v) is 5.14. The smallest absolute Gasteiger partial charge is 0.426 e. The highest BCUT2D eigenvalue weighted by Crippen LogP contribution is 2.38. The highest BCUT2D eigenvalue weighted by molar-refractivity contribution is 5.43. The maximum atomic E-state index is 12.7. The molecule has 0 fully saturated rings. The summed E-state index contributed by atoms with van der Waals surface area (Å²) in [7, 11) is 0. The van der Waals surface area contributed by atoms with E-state index in [0.717, 1.165) is 6.07 Å². The van der Waals surface area contributed by atoms with Gasteiger partial charge < -0.3 is 10.5 Å². The number of nitrogens with two attached hydrogens (primary N) is 1. The zero-order valence-corrected chi connectivity index (χ0v) is 9.72. The Morgan fingerprint density at radius 1 is 1.20 bits per heavy atom. The van der Waals surface area contributed by atoms with Gasteiger partial charge in [0.25, 0.3) is 0 Å². The molecule has 110 valence electrons. The topological polar surface area (TPSA) is 59.0 Å². The van der Waals surface area contributed by atoms with Crippen molar-refractivity contribution in [3.63, 3.8) is 0 Å². The van der Waals surface area contributed by atoms with Crippen molar-refractivity contribution in [3.8, 4) is 11.8 Å². The van der Waals surface area contributed by atoms with Crippen LogP contribution in [0.5, 0.6) is 5.75 Å². The summed E-state index contributed by atoms with van der Waals surface area (Å²) in [6.07, 6.45) is -12.4. The van der Waals surface area contributed by atoms with Gasteiger partial charge in [-0.15, -0.1) is 0 Å². The molecule has 0 heterocycles. The number of benzene rings is 1. The number of rotatable bonds is 3. The summed E-state index contributed by atoms with van der Waals surface area (Å²) >= 11 is 0. The Bertz CT molecular complexity index is 517. The number of halogens is 6. The van der Waals surface area contributed by atoms with Crippen LogP contribution in [0.25, 0.3) is 0 Å². The molecule has 0 aliphatic carbocycles. The molecule has 0 saturated carbocycles. The van der Waals surface area contributed by atoms with Crippen molar-refractivity contribution < 1.29 is 31.1 Å². The number of nitriles is 1. The van der Waals surface area contributed by atoms with Crippen molar-refractivity contribution in [1.82, 2.24) is 0 Å². The summed E-state index contributed by atoms with van der Waals surface area (Å²) in [4.78, 5) is 0. The molecule has 1 aromatic carbocycles. The van der Waals surface area contributed by atoms with Crippen LogP contribution in [0.2, 0.25) is 0 Å². The van der Waals surface area contributed by atoms with Gasteiger partial charge in [-0.2, -0.15) is 31.6 Å². The molecule has 9 heteroatoms. The van der Waals surface area contributed by atoms with Gasteiger partial charge in [0.15, 0.2) is 0 Å². The normalized spacial score (nSPS) is 13.7. The fourth-order valence-electron chi connectivity index (χ4n) is 1.33. The van der Waals surface area contributed by atoms with E-state index in [-0.39, 0.29) is 5.56 Å². The Morgan fingerprint density at radius 2 is 1.80 bits per heavy atom. The molecule has 0 spiro atoms. The predicted octanol–water partition coefficient (Wildman–Crippen LogP) is 2.85. The molecule has 0 aliphatic heterocycles. The molecule has 0 saturated heterocycles. The zero-order chi connectivity index (χ0) is 15.6. The van der Waals surface area contributed by atoms with E-state index < -0.39 is 36.3 Å². The second-order valence-corrected chi connectivity index (χ2v) is 3.70. The van der Waals surface area contributed by atoms with Gasteiger partial charge in [-0.3, -0.25) is 0 Å². The van der Waals surface area contributed by atoms with Gasteiger partial charge in [0, 0.05) is 6.54 Å². The second-order valence-electron chi connectivity index (χ2n) is 3.70. The highest BCUT2D eigenvalue weighted by atomic mass is 19.4. The van der Waals surface area contributed by atoms with Crippen molar-refractivity contribution in [2.24, 2.45) is 5.73 Å². The molecule has 1 atom stereocenters. The fourth-order valence-corrected chi connectivity index (χ4v) is 1.33. The molecule has 0 radical (unpaired) electrons. The molecule has 1 aromatic rings. The molecule has 0 aliphatic rings. The van der Waals surface area contributed by atoms with Crippen molar-refractivity contribution in [1.29, 1.82) is 5.26 Å². The van der Waals surface area contributed by atoms with Gasteiger partial charge in [-0.05, 0) is 18.2 Å². The lowest BCUT2D eigenvalue weighted by atomic mass is 10.1. The predicted molar refractivity (Wildman–Crippen MR) is 55.7 cm³/mol. The van der Waals surface area contributed by atoms with Crippen LogP contribution in [0.4, 0.5) is 26.3 Å². The number of alkyl halides is 6. The van der Waals surface area contributed by atoms with Crippen molar-refractivity contribution in [2.75, 3.05) is 6.54 Å². The summed E-state index contributed by atoms with van der Waals surface area (Å²) in [5.74, 6) is -1.02. The average Bonchev–Trinajstić information content (AvgIpc) is 2.33. The summed E-state index contributed by atoms with van der Waals surface area (Å²) in [5.41, 5.74) is 3.04. The van der Waals surface area contributed by atoms with Crippen molar-refractivity contribution in [3.05, 3.63) is 29.3 Å². The quantitative estimate of drug-likeness (QED) is 0.873. The van der Waals surface area contributed by atoms with Crippen LogP contribution >= 0.6 is 0 Å². The summed E-state index contributed by atoms with van der Waals surface area (Å²) < 4.78 is 79.8. The lowest BCUT2D eigenvalue weighted by molar-refractivity contribution is -0.194. The van der Waals surface area contributed by atoms with Gasteiger partial charge in [0.2, 0.25) is 6.10 Å². The van der Waals surface area contributed by atoms with Gasteiger partial charge in [-0.25, -0.2) is 0 Å². The summed E-state index contributed by atoms with van der Waals surface area (Å²) in [5, 5.41) is 8.52. The van der Waals surface area contributed by atoms with Crippen molar-refractivity contribution >= 4 is 0 Å². The molecular formula is C11H8F6N2O. The maximum Gasteiger partial charge on any atom is 0.426 e. The first-order valence-electron chi connectivity index (χ1n) is 5.14. The second kappa shape index (κ2) is 5.58. The number of ether oxygens (including phenoxy) is 1. The van der Waals surface area contributed by atoms with Crippen LogP contribution in [0.3, 0.4) is 0 Å². The zero-order valence-electron chi connectivity index (χ0n) is 9.72. The van der Waals surface area contributed by atoms with Crippen molar-refractivity contribution in [2.45, 2.75) is 18.5 Å². The molecular weight excluding hydrogens is 290 g/mol. The molecule has 2 N–H and O–H groups in total. The Kier molecular flexibility index (Phi) is 4.50. The first kappa shape index (κ1) is 16.1. The summed E-state index contributed by atoms with van der Waals surface area (Å²) in [6, 6.07) is 3.47. The van der Waals surface area contributed by atoms with Crippen LogP contribution in [0.1, 0.15) is 11.1 Å². The largest absolute Gasteiger partial charge is 0.479 e. The molecule has 0 amide bonds. The Hall–Kier alpha value is -1.95. The number of nitrogens with zero attached hydrogens (tertiary/aromatic N) is 1. The fraction of sp³-hybridized carbons (Fsp3) is 0.364. The first-order chi connectivity index (χ1) is 9.09. The van der Waals surface area contributed by atoms with Gasteiger partial charge in [-0.1, -0.05) is 0 Å². The third-order valence-electron chi connectivity index (χ3n) is 2.26. The van der Waals surface area contributed by atoms with E-state index in [2.05, 4.69) is 4.74 Å². The van der Waals surface area contributed by atoms with Crippen LogP contribution in [0, 0.1) is 11.3 Å². The third kappa shape index (κ3) is 3.77. The average molecular weight is 298 g/mol. The third-order valence-corrected chi connectivity index (χ3v) is 2.26. The lowest BCUT2D eigenvalue weighted by Gasteiger charge is -2.22. The van der Waals surface area contributed by atoms with E-state index in [1.165, 1.54) is 6.07 Å². The Balaban J connectivity index is 3.22. The van der Waals surface area contributed by atoms with E-state index in [0.29, 0.717) is 12.1 Å².